The van der Waals surface area contributed by atoms with Gasteiger partial charge < -0.3 is 31.6 Å². The Kier molecular flexibility index (Phi) is 5.71. The van der Waals surface area contributed by atoms with Gasteiger partial charge in [0.1, 0.15) is 0 Å². The third kappa shape index (κ3) is 3.65. The molecule has 0 bridgehead atoms. The Hall–Kier alpha value is -1.67. The summed E-state index contributed by atoms with van der Waals surface area (Å²) in [6, 6.07) is 6.97. The molecule has 0 heterocycles. The van der Waals surface area contributed by atoms with E-state index in [1.54, 1.807) is 24.3 Å². The van der Waals surface area contributed by atoms with E-state index in [1.807, 2.05) is 0 Å². The first-order valence-electron chi connectivity index (χ1n) is 5.76. The molecule has 0 unspecified atom stereocenters. The van der Waals surface area contributed by atoms with Gasteiger partial charge in [-0.15, -0.1) is 0 Å². The lowest BCUT2D eigenvalue weighted by Crippen LogP contribution is -2.54. The molecule has 0 amide bonds. The van der Waals surface area contributed by atoms with Crippen LogP contribution in [0.1, 0.15) is 11.1 Å². The molecule has 0 radical (unpaired) electrons. The summed E-state index contributed by atoms with van der Waals surface area (Å²) in [6.07, 6.45) is 0. The molecule has 0 saturated heterocycles. The Bertz CT molecular complexity index is 424. The third-order valence-corrected chi connectivity index (χ3v) is 2.96. The van der Waals surface area contributed by atoms with Crippen LogP contribution < -0.4 is 11.1 Å². The Morgan fingerprint density at radius 3 is 2.26 bits per heavy atom. The van der Waals surface area contributed by atoms with E-state index >= 15 is 0 Å². The molecule has 19 heavy (non-hydrogen) atoms. The average Bonchev–Trinajstić information content (AvgIpc) is 2.49. The predicted molar refractivity (Wildman–Crippen MR) is 69.8 cm³/mol. The lowest BCUT2D eigenvalue weighted by Gasteiger charge is -2.29. The summed E-state index contributed by atoms with van der Waals surface area (Å²) in [6.45, 7) is -0.989. The van der Waals surface area contributed by atoms with Crippen LogP contribution in [-0.2, 0) is 6.54 Å². The first-order valence-corrected chi connectivity index (χ1v) is 5.76. The molecule has 0 aromatic heterocycles. The first kappa shape index (κ1) is 15.4. The van der Waals surface area contributed by atoms with Crippen molar-refractivity contribution in [3.8, 4) is 0 Å². The monoisotopic (exact) mass is 269 g/mol. The molecule has 1 aromatic rings. The molecule has 0 aliphatic rings. The molecular weight excluding hydrogens is 250 g/mol. The minimum atomic E-state index is -1.17. The molecule has 0 saturated carbocycles. The summed E-state index contributed by atoms with van der Waals surface area (Å²) in [7, 11) is 0. The summed E-state index contributed by atoms with van der Waals surface area (Å²) in [4.78, 5) is 0. The number of oxime groups is 1. The van der Waals surface area contributed by atoms with Crippen molar-refractivity contribution in [3.63, 3.8) is 0 Å². The van der Waals surface area contributed by atoms with Gasteiger partial charge in [0.05, 0.1) is 25.4 Å². The number of aliphatic hydroxyl groups is 3. The maximum atomic E-state index is 9.21. The van der Waals surface area contributed by atoms with Crippen LogP contribution in [-0.4, -0.2) is 51.7 Å². The minimum absolute atomic E-state index is 0.0278. The zero-order valence-electron chi connectivity index (χ0n) is 10.5. The molecule has 1 rings (SSSR count). The number of nitrogens with zero attached hydrogens (tertiary/aromatic N) is 1. The lowest BCUT2D eigenvalue weighted by molar-refractivity contribution is 0.0413. The Morgan fingerprint density at radius 1 is 1.16 bits per heavy atom. The van der Waals surface area contributed by atoms with E-state index in [0.717, 1.165) is 5.56 Å². The first-order chi connectivity index (χ1) is 9.12. The van der Waals surface area contributed by atoms with Gasteiger partial charge in [0, 0.05) is 12.1 Å². The Labute approximate surface area is 111 Å². The topological polar surface area (TPSA) is 131 Å². The second-order valence-electron chi connectivity index (χ2n) is 4.25. The van der Waals surface area contributed by atoms with E-state index < -0.39 is 25.4 Å². The number of hydrogen-bond donors (Lipinski definition) is 6. The fourth-order valence-electron chi connectivity index (χ4n) is 1.58. The summed E-state index contributed by atoms with van der Waals surface area (Å²) < 4.78 is 0. The van der Waals surface area contributed by atoms with Gasteiger partial charge in [-0.05, 0) is 5.56 Å². The van der Waals surface area contributed by atoms with Crippen molar-refractivity contribution in [1.82, 2.24) is 5.32 Å². The van der Waals surface area contributed by atoms with Gasteiger partial charge in [0.15, 0.2) is 5.84 Å². The summed E-state index contributed by atoms with van der Waals surface area (Å²) in [5.41, 5.74) is 5.65. The Morgan fingerprint density at radius 2 is 1.74 bits per heavy atom. The zero-order chi connectivity index (χ0) is 14.3. The number of nitrogens with two attached hydrogens (primary N) is 1. The number of aliphatic hydroxyl groups excluding tert-OH is 3. The number of rotatable bonds is 7. The molecule has 7 heteroatoms. The second kappa shape index (κ2) is 7.05. The average molecular weight is 269 g/mol. The van der Waals surface area contributed by atoms with Crippen molar-refractivity contribution >= 4 is 5.84 Å². The number of hydrogen-bond acceptors (Lipinski definition) is 6. The maximum absolute atomic E-state index is 9.21. The second-order valence-corrected chi connectivity index (χ2v) is 4.25. The highest BCUT2D eigenvalue weighted by molar-refractivity contribution is 5.98. The van der Waals surface area contributed by atoms with Crippen LogP contribution in [0.4, 0.5) is 0 Å². The van der Waals surface area contributed by atoms with Crippen molar-refractivity contribution in [2.24, 2.45) is 10.9 Å². The highest BCUT2D eigenvalue weighted by Crippen LogP contribution is 2.11. The highest BCUT2D eigenvalue weighted by atomic mass is 16.4. The van der Waals surface area contributed by atoms with E-state index in [1.165, 1.54) is 0 Å². The normalized spacial score (nSPS) is 12.7. The van der Waals surface area contributed by atoms with Crippen LogP contribution in [0, 0.1) is 0 Å². The van der Waals surface area contributed by atoms with Crippen LogP contribution >= 0.6 is 0 Å². The smallest absolute Gasteiger partial charge is 0.170 e. The molecule has 7 N–H and O–H groups in total. The molecule has 0 atom stereocenters. The molecule has 0 spiro atoms. The fraction of sp³-hybridized carbons (Fsp3) is 0.417. The maximum Gasteiger partial charge on any atom is 0.170 e. The molecule has 1 aromatic carbocycles. The molecule has 0 aliphatic heterocycles. The van der Waals surface area contributed by atoms with Gasteiger partial charge in [-0.3, -0.25) is 0 Å². The van der Waals surface area contributed by atoms with E-state index in [-0.39, 0.29) is 12.4 Å². The van der Waals surface area contributed by atoms with Crippen LogP contribution in [0.3, 0.4) is 0 Å². The van der Waals surface area contributed by atoms with Gasteiger partial charge in [0.2, 0.25) is 0 Å². The summed E-state index contributed by atoms with van der Waals surface area (Å²) >= 11 is 0. The third-order valence-electron chi connectivity index (χ3n) is 2.96. The molecule has 7 nitrogen and oxygen atoms in total. The van der Waals surface area contributed by atoms with Gasteiger partial charge in [-0.25, -0.2) is 0 Å². The zero-order valence-corrected chi connectivity index (χ0v) is 10.5. The van der Waals surface area contributed by atoms with E-state index in [4.69, 9.17) is 10.9 Å². The quantitative estimate of drug-likeness (QED) is 0.156. The summed E-state index contributed by atoms with van der Waals surface area (Å²) in [5.74, 6) is -0.0278. The van der Waals surface area contributed by atoms with Gasteiger partial charge >= 0.3 is 0 Å². The number of benzene rings is 1. The van der Waals surface area contributed by atoms with E-state index in [0.29, 0.717) is 5.56 Å². The van der Waals surface area contributed by atoms with Gasteiger partial charge in [-0.1, -0.05) is 29.4 Å². The SMILES string of the molecule is N/C(=N/O)c1ccccc1CNC(CO)(CO)CO. The fourth-order valence-corrected chi connectivity index (χ4v) is 1.58. The van der Waals surface area contributed by atoms with Crippen molar-refractivity contribution in [3.05, 3.63) is 35.4 Å². The molecule has 0 fully saturated rings. The predicted octanol–water partition coefficient (Wildman–Crippen LogP) is -1.41. The van der Waals surface area contributed by atoms with Crippen molar-refractivity contribution in [2.75, 3.05) is 19.8 Å². The number of amidine groups is 1. The molecule has 106 valence electrons. The lowest BCUT2D eigenvalue weighted by atomic mass is 10.0. The van der Waals surface area contributed by atoms with Crippen LogP contribution in [0.25, 0.3) is 0 Å². The van der Waals surface area contributed by atoms with Crippen LogP contribution in [0.5, 0.6) is 0 Å². The standard InChI is InChI=1S/C12H19N3O4/c13-11(15-19)10-4-2-1-3-9(10)5-14-12(6-16,7-17)8-18/h1-4,14,16-19H,5-8H2,(H2,13,15). The van der Waals surface area contributed by atoms with Gasteiger partial charge in [-0.2, -0.15) is 0 Å². The van der Waals surface area contributed by atoms with Gasteiger partial charge in [0.25, 0.3) is 0 Å². The van der Waals surface area contributed by atoms with Crippen molar-refractivity contribution < 1.29 is 20.5 Å². The minimum Gasteiger partial charge on any atom is -0.409 e. The van der Waals surface area contributed by atoms with Crippen LogP contribution in [0.2, 0.25) is 0 Å². The highest BCUT2D eigenvalue weighted by Gasteiger charge is 2.27. The molecule has 0 aliphatic carbocycles. The largest absolute Gasteiger partial charge is 0.409 e. The Balaban J connectivity index is 2.89. The van der Waals surface area contributed by atoms with Crippen molar-refractivity contribution in [1.29, 1.82) is 0 Å². The summed E-state index contributed by atoms with van der Waals surface area (Å²) in [5, 5.41) is 42.1. The van der Waals surface area contributed by atoms with Crippen LogP contribution in [0.15, 0.2) is 29.4 Å². The molecular formula is C12H19N3O4. The van der Waals surface area contributed by atoms with Crippen molar-refractivity contribution in [2.45, 2.75) is 12.1 Å². The van der Waals surface area contributed by atoms with E-state index in [9.17, 15) is 15.3 Å². The van der Waals surface area contributed by atoms with E-state index in [2.05, 4.69) is 10.5 Å². The number of nitrogens with one attached hydrogen (secondary N) is 1.